The predicted octanol–water partition coefficient (Wildman–Crippen LogP) is -0.112. The van der Waals surface area contributed by atoms with Gasteiger partial charge in [-0.05, 0) is 20.8 Å². The van der Waals surface area contributed by atoms with Gasteiger partial charge in [0.2, 0.25) is 10.0 Å². The van der Waals surface area contributed by atoms with Crippen LogP contribution in [0.2, 0.25) is 0 Å². The van der Waals surface area contributed by atoms with E-state index in [1.807, 2.05) is 0 Å². The minimum atomic E-state index is -3.45. The van der Waals surface area contributed by atoms with Gasteiger partial charge >= 0.3 is 0 Å². The third-order valence-electron chi connectivity index (χ3n) is 0.770. The highest BCUT2D eigenvalue weighted by Gasteiger charge is 2.24. The van der Waals surface area contributed by atoms with E-state index in [0.29, 0.717) is 0 Å². The van der Waals surface area contributed by atoms with E-state index < -0.39 is 14.8 Å². The fourth-order valence-electron chi connectivity index (χ4n) is 0. The molecule has 49 valence electrons. The zero-order chi connectivity index (χ0) is 7.00. The molecule has 0 aromatic carbocycles. The summed E-state index contributed by atoms with van der Waals surface area (Å²) in [6.07, 6.45) is 0. The maximum atomic E-state index is 10.4. The van der Waals surface area contributed by atoms with Crippen molar-refractivity contribution >= 4 is 10.0 Å². The lowest BCUT2D eigenvalue weighted by Gasteiger charge is -2.13. The minimum absolute atomic E-state index is 1.06. The maximum absolute atomic E-state index is 10.4. The van der Waals surface area contributed by atoms with Gasteiger partial charge in [-0.15, -0.1) is 0 Å². The first-order valence-corrected chi connectivity index (χ1v) is 3.67. The molecule has 0 rings (SSSR count). The van der Waals surface area contributed by atoms with Gasteiger partial charge in [0.1, 0.15) is 0 Å². The summed E-state index contributed by atoms with van der Waals surface area (Å²) in [4.78, 5) is 0. The van der Waals surface area contributed by atoms with Crippen molar-refractivity contribution in [3.05, 3.63) is 6.92 Å². The molecule has 0 fully saturated rings. The van der Waals surface area contributed by atoms with Gasteiger partial charge in [0.25, 0.3) is 0 Å². The van der Waals surface area contributed by atoms with E-state index in [9.17, 15) is 8.42 Å². The number of sulfonamides is 1. The fraction of sp³-hybridized carbons (Fsp3) is 0.750. The zero-order valence-corrected chi connectivity index (χ0v) is 5.83. The van der Waals surface area contributed by atoms with Gasteiger partial charge in [-0.25, -0.2) is 13.6 Å². The van der Waals surface area contributed by atoms with Crippen LogP contribution in [0.15, 0.2) is 0 Å². The standard InChI is InChI=1S/C4H10NO2S/c1-4(2,3)8(5,6)7/h1H2,2-3H3,(H2,5,6,7). The molecule has 2 N–H and O–H groups in total. The second kappa shape index (κ2) is 1.70. The summed E-state index contributed by atoms with van der Waals surface area (Å²) in [5.41, 5.74) is 0. The Morgan fingerprint density at radius 1 is 1.50 bits per heavy atom. The normalized spacial score (nSPS) is 14.0. The van der Waals surface area contributed by atoms with Gasteiger partial charge in [0.15, 0.2) is 0 Å². The van der Waals surface area contributed by atoms with Crippen molar-refractivity contribution in [2.75, 3.05) is 0 Å². The maximum Gasteiger partial charge on any atom is 0.214 e. The van der Waals surface area contributed by atoms with Crippen LogP contribution in [0, 0.1) is 6.92 Å². The van der Waals surface area contributed by atoms with Crippen LogP contribution < -0.4 is 5.14 Å². The molecule has 4 heteroatoms. The third-order valence-corrected chi connectivity index (χ3v) is 2.31. The quantitative estimate of drug-likeness (QED) is 0.546. The molecule has 3 nitrogen and oxygen atoms in total. The van der Waals surface area contributed by atoms with E-state index in [-0.39, 0.29) is 0 Å². The van der Waals surface area contributed by atoms with Crippen molar-refractivity contribution in [3.8, 4) is 0 Å². The first kappa shape index (κ1) is 7.91. The van der Waals surface area contributed by atoms with E-state index in [4.69, 9.17) is 5.14 Å². The molecule has 0 atom stereocenters. The summed E-state index contributed by atoms with van der Waals surface area (Å²) < 4.78 is 19.7. The summed E-state index contributed by atoms with van der Waals surface area (Å²) in [6, 6.07) is 0. The first-order valence-electron chi connectivity index (χ1n) is 2.13. The Morgan fingerprint density at radius 2 is 1.62 bits per heavy atom. The van der Waals surface area contributed by atoms with Crippen LogP contribution in [0.1, 0.15) is 13.8 Å². The smallest absolute Gasteiger partial charge is 0.214 e. The second-order valence-corrected chi connectivity index (χ2v) is 4.50. The largest absolute Gasteiger partial charge is 0.228 e. The van der Waals surface area contributed by atoms with Gasteiger partial charge < -0.3 is 0 Å². The van der Waals surface area contributed by atoms with Crippen molar-refractivity contribution in [1.29, 1.82) is 0 Å². The second-order valence-electron chi connectivity index (χ2n) is 2.30. The summed E-state index contributed by atoms with van der Waals surface area (Å²) in [7, 11) is -3.45. The predicted molar refractivity (Wildman–Crippen MR) is 32.5 cm³/mol. The Labute approximate surface area is 49.9 Å². The Kier molecular flexibility index (Phi) is 1.68. The molecular formula is C4H10NO2S. The molecule has 0 aromatic rings. The van der Waals surface area contributed by atoms with E-state index in [0.717, 1.165) is 0 Å². The first-order chi connectivity index (χ1) is 3.25. The fourth-order valence-corrected chi connectivity index (χ4v) is 0. The van der Waals surface area contributed by atoms with E-state index >= 15 is 0 Å². The topological polar surface area (TPSA) is 60.2 Å². The molecule has 0 spiro atoms. The average Bonchev–Trinajstić information content (AvgIpc) is 1.25. The lowest BCUT2D eigenvalue weighted by molar-refractivity contribution is 0.573. The minimum Gasteiger partial charge on any atom is -0.228 e. The number of primary sulfonamides is 1. The Morgan fingerprint density at radius 3 is 1.62 bits per heavy atom. The molecule has 0 unspecified atom stereocenters. The lowest BCUT2D eigenvalue weighted by atomic mass is 10.3. The number of hydrogen-bond donors (Lipinski definition) is 1. The van der Waals surface area contributed by atoms with Gasteiger partial charge in [-0.3, -0.25) is 0 Å². The van der Waals surface area contributed by atoms with E-state index in [1.54, 1.807) is 0 Å². The molecule has 0 heterocycles. The molecule has 0 aliphatic carbocycles. The van der Waals surface area contributed by atoms with Crippen LogP contribution in [-0.2, 0) is 10.0 Å². The van der Waals surface area contributed by atoms with Gasteiger partial charge in [-0.1, -0.05) is 0 Å². The molecular weight excluding hydrogens is 126 g/mol. The highest BCUT2D eigenvalue weighted by Crippen LogP contribution is 2.08. The highest BCUT2D eigenvalue weighted by atomic mass is 32.2. The van der Waals surface area contributed by atoms with Gasteiger partial charge in [0, 0.05) is 0 Å². The van der Waals surface area contributed by atoms with Crippen molar-refractivity contribution in [2.24, 2.45) is 5.14 Å². The van der Waals surface area contributed by atoms with Crippen LogP contribution >= 0.6 is 0 Å². The van der Waals surface area contributed by atoms with Gasteiger partial charge in [-0.2, -0.15) is 0 Å². The Balaban J connectivity index is 4.53. The van der Waals surface area contributed by atoms with E-state index in [1.165, 1.54) is 13.8 Å². The van der Waals surface area contributed by atoms with Crippen LogP contribution in [0.25, 0.3) is 0 Å². The molecule has 0 saturated heterocycles. The van der Waals surface area contributed by atoms with E-state index in [2.05, 4.69) is 6.92 Å². The highest BCUT2D eigenvalue weighted by molar-refractivity contribution is 7.90. The molecule has 0 aromatic heterocycles. The lowest BCUT2D eigenvalue weighted by Crippen LogP contribution is -2.34. The molecule has 1 radical (unpaired) electrons. The Bertz CT molecular complexity index is 163. The van der Waals surface area contributed by atoms with Crippen molar-refractivity contribution in [2.45, 2.75) is 18.6 Å². The SMILES string of the molecule is [CH2]C(C)(C)S(N)(=O)=O. The zero-order valence-electron chi connectivity index (χ0n) is 5.01. The van der Waals surface area contributed by atoms with Crippen molar-refractivity contribution in [1.82, 2.24) is 0 Å². The number of rotatable bonds is 1. The van der Waals surface area contributed by atoms with Crippen molar-refractivity contribution < 1.29 is 8.42 Å². The monoisotopic (exact) mass is 136 g/mol. The molecule has 0 aliphatic rings. The molecule has 0 bridgehead atoms. The molecule has 8 heavy (non-hydrogen) atoms. The van der Waals surface area contributed by atoms with Crippen LogP contribution in [-0.4, -0.2) is 13.2 Å². The average molecular weight is 136 g/mol. The molecule has 0 amide bonds. The van der Waals surface area contributed by atoms with Gasteiger partial charge in [0.05, 0.1) is 4.75 Å². The number of hydrogen-bond acceptors (Lipinski definition) is 2. The summed E-state index contributed by atoms with van der Waals surface area (Å²) >= 11 is 0. The van der Waals surface area contributed by atoms with Crippen LogP contribution in [0.3, 0.4) is 0 Å². The van der Waals surface area contributed by atoms with Crippen LogP contribution in [0.5, 0.6) is 0 Å². The summed E-state index contributed by atoms with van der Waals surface area (Å²) in [5.74, 6) is 0. The van der Waals surface area contributed by atoms with Crippen molar-refractivity contribution in [3.63, 3.8) is 0 Å². The molecule has 0 aliphatic heterocycles. The molecule has 0 saturated carbocycles. The number of nitrogens with two attached hydrogens (primary N) is 1. The summed E-state index contributed by atoms with van der Waals surface area (Å²) in [6.45, 7) is 6.22. The Hall–Kier alpha value is -0.0900. The summed E-state index contributed by atoms with van der Waals surface area (Å²) in [5, 5.41) is 4.72. The van der Waals surface area contributed by atoms with Crippen LogP contribution in [0.4, 0.5) is 0 Å². The third kappa shape index (κ3) is 1.79.